The highest BCUT2D eigenvalue weighted by Gasteiger charge is 2.07. The standard InChI is InChI=1S/C19H17/c1-13-8-9-18(14(2)10-13)19-12-17-7-5-4-6-16(17)11-15(19)3/h4-10,12H,1-3H3. The van der Waals surface area contributed by atoms with Gasteiger partial charge in [0.05, 0.1) is 0 Å². The van der Waals surface area contributed by atoms with Gasteiger partial charge in [-0.3, -0.25) is 0 Å². The van der Waals surface area contributed by atoms with Crippen molar-refractivity contribution in [3.05, 3.63) is 71.3 Å². The van der Waals surface area contributed by atoms with E-state index in [2.05, 4.69) is 75.4 Å². The second-order valence-electron chi connectivity index (χ2n) is 5.21. The highest BCUT2D eigenvalue weighted by atomic mass is 14.1. The van der Waals surface area contributed by atoms with Crippen LogP contribution in [-0.4, -0.2) is 0 Å². The van der Waals surface area contributed by atoms with Gasteiger partial charge in [-0.2, -0.15) is 0 Å². The molecule has 0 aliphatic heterocycles. The molecule has 3 aromatic rings. The molecule has 0 heteroatoms. The van der Waals surface area contributed by atoms with Crippen molar-refractivity contribution in [2.24, 2.45) is 0 Å². The molecule has 0 nitrogen and oxygen atoms in total. The molecule has 0 unspecified atom stereocenters. The Labute approximate surface area is 114 Å². The molecular weight excluding hydrogens is 228 g/mol. The predicted molar refractivity (Wildman–Crippen MR) is 82.4 cm³/mol. The maximum Gasteiger partial charge on any atom is -0.00608 e. The molecule has 1 radical (unpaired) electrons. The van der Waals surface area contributed by atoms with E-state index in [9.17, 15) is 0 Å². The van der Waals surface area contributed by atoms with Crippen molar-refractivity contribution in [3.8, 4) is 11.1 Å². The first-order valence-electron chi connectivity index (χ1n) is 6.64. The van der Waals surface area contributed by atoms with Gasteiger partial charge in [0.15, 0.2) is 0 Å². The number of hydrogen-bond donors (Lipinski definition) is 0. The van der Waals surface area contributed by atoms with E-state index in [4.69, 9.17) is 0 Å². The fourth-order valence-electron chi connectivity index (χ4n) is 2.67. The van der Waals surface area contributed by atoms with Crippen LogP contribution in [0.3, 0.4) is 0 Å². The first-order chi connectivity index (χ1) is 9.15. The first-order valence-corrected chi connectivity index (χ1v) is 6.64. The minimum absolute atomic E-state index is 1.19. The maximum atomic E-state index is 3.50. The number of fused-ring (bicyclic) bond motifs is 1. The third kappa shape index (κ3) is 2.15. The molecule has 0 fully saturated rings. The van der Waals surface area contributed by atoms with E-state index >= 15 is 0 Å². The summed E-state index contributed by atoms with van der Waals surface area (Å²) in [5, 5.41) is 2.44. The van der Waals surface area contributed by atoms with Crippen LogP contribution in [0.1, 0.15) is 16.7 Å². The van der Waals surface area contributed by atoms with E-state index < -0.39 is 0 Å². The zero-order chi connectivity index (χ0) is 13.4. The van der Waals surface area contributed by atoms with Gasteiger partial charge in [0.25, 0.3) is 0 Å². The fourth-order valence-corrected chi connectivity index (χ4v) is 2.67. The van der Waals surface area contributed by atoms with Crippen LogP contribution in [0, 0.1) is 26.8 Å². The largest absolute Gasteiger partial charge is 0.0616 e. The van der Waals surface area contributed by atoms with Gasteiger partial charge in [0.2, 0.25) is 0 Å². The Morgan fingerprint density at radius 1 is 0.789 bits per heavy atom. The molecular formula is C19H17. The minimum atomic E-state index is 1.19. The van der Waals surface area contributed by atoms with Crippen molar-refractivity contribution in [1.29, 1.82) is 0 Å². The lowest BCUT2D eigenvalue weighted by atomic mass is 9.93. The van der Waals surface area contributed by atoms with Gasteiger partial charge in [-0.15, -0.1) is 0 Å². The van der Waals surface area contributed by atoms with E-state index in [0.717, 1.165) is 0 Å². The lowest BCUT2D eigenvalue weighted by Gasteiger charge is -2.11. The van der Waals surface area contributed by atoms with Crippen molar-refractivity contribution < 1.29 is 0 Å². The van der Waals surface area contributed by atoms with Gasteiger partial charge in [-0.05, 0) is 65.9 Å². The molecule has 19 heavy (non-hydrogen) atoms. The van der Waals surface area contributed by atoms with Gasteiger partial charge in [0.1, 0.15) is 0 Å². The molecule has 0 atom stereocenters. The summed E-state index contributed by atoms with van der Waals surface area (Å²) in [6, 6.07) is 20.8. The predicted octanol–water partition coefficient (Wildman–Crippen LogP) is 5.23. The van der Waals surface area contributed by atoms with E-state index in [1.165, 1.54) is 38.6 Å². The van der Waals surface area contributed by atoms with Crippen LogP contribution < -0.4 is 0 Å². The first kappa shape index (κ1) is 12.0. The van der Waals surface area contributed by atoms with Crippen LogP contribution in [0.25, 0.3) is 21.9 Å². The van der Waals surface area contributed by atoms with Crippen molar-refractivity contribution in [1.82, 2.24) is 0 Å². The zero-order valence-electron chi connectivity index (χ0n) is 11.6. The smallest absolute Gasteiger partial charge is 0.00608 e. The molecule has 93 valence electrons. The summed E-state index contributed by atoms with van der Waals surface area (Å²) in [6.07, 6.45) is 0. The highest BCUT2D eigenvalue weighted by molar-refractivity contribution is 5.89. The Hall–Kier alpha value is -2.08. The second-order valence-corrected chi connectivity index (χ2v) is 5.21. The van der Waals surface area contributed by atoms with E-state index in [1.54, 1.807) is 0 Å². The maximum absolute atomic E-state index is 3.50. The SMILES string of the molecule is Cc1ccc(-c2cc3ccccc3[c]c2C)c(C)c1. The Balaban J connectivity index is 2.27. The molecule has 3 aromatic carbocycles. The lowest BCUT2D eigenvalue weighted by molar-refractivity contribution is 1.37. The summed E-state index contributed by atoms with van der Waals surface area (Å²) in [6.45, 7) is 6.45. The quantitative estimate of drug-likeness (QED) is 0.550. The molecule has 0 spiro atoms. The lowest BCUT2D eigenvalue weighted by Crippen LogP contribution is -1.89. The Morgan fingerprint density at radius 3 is 2.37 bits per heavy atom. The van der Waals surface area contributed by atoms with Crippen LogP contribution in [0.4, 0.5) is 0 Å². The van der Waals surface area contributed by atoms with E-state index in [-0.39, 0.29) is 0 Å². The Bertz CT molecular complexity index is 751. The molecule has 0 heterocycles. The molecule has 0 amide bonds. The van der Waals surface area contributed by atoms with Crippen LogP contribution >= 0.6 is 0 Å². The van der Waals surface area contributed by atoms with Crippen molar-refractivity contribution in [2.75, 3.05) is 0 Å². The third-order valence-electron chi connectivity index (χ3n) is 3.66. The summed E-state index contributed by atoms with van der Waals surface area (Å²) in [4.78, 5) is 0. The van der Waals surface area contributed by atoms with Gasteiger partial charge < -0.3 is 0 Å². The monoisotopic (exact) mass is 245 g/mol. The molecule has 0 saturated carbocycles. The molecule has 0 aliphatic carbocycles. The van der Waals surface area contributed by atoms with Crippen LogP contribution in [0.2, 0.25) is 0 Å². The molecule has 0 saturated heterocycles. The van der Waals surface area contributed by atoms with Gasteiger partial charge in [0, 0.05) is 0 Å². The topological polar surface area (TPSA) is 0 Å². The average molecular weight is 245 g/mol. The molecule has 3 rings (SSSR count). The molecule has 0 aromatic heterocycles. The average Bonchev–Trinajstić information content (AvgIpc) is 2.38. The van der Waals surface area contributed by atoms with Gasteiger partial charge in [-0.25, -0.2) is 0 Å². The normalized spacial score (nSPS) is 10.9. The fraction of sp³-hybridized carbons (Fsp3) is 0.158. The van der Waals surface area contributed by atoms with Crippen LogP contribution in [-0.2, 0) is 0 Å². The summed E-state index contributed by atoms with van der Waals surface area (Å²) >= 11 is 0. The number of aryl methyl sites for hydroxylation is 3. The van der Waals surface area contributed by atoms with Crippen molar-refractivity contribution in [2.45, 2.75) is 20.8 Å². The molecule has 0 aliphatic rings. The number of hydrogen-bond acceptors (Lipinski definition) is 0. The zero-order valence-corrected chi connectivity index (χ0v) is 11.6. The van der Waals surface area contributed by atoms with Crippen LogP contribution in [0.5, 0.6) is 0 Å². The van der Waals surface area contributed by atoms with Crippen molar-refractivity contribution in [3.63, 3.8) is 0 Å². The second kappa shape index (κ2) is 4.55. The third-order valence-corrected chi connectivity index (χ3v) is 3.66. The number of benzene rings is 3. The molecule has 0 bridgehead atoms. The number of rotatable bonds is 1. The Morgan fingerprint density at radius 2 is 1.58 bits per heavy atom. The summed E-state index contributed by atoms with van der Waals surface area (Å²) in [5.41, 5.74) is 6.45. The summed E-state index contributed by atoms with van der Waals surface area (Å²) < 4.78 is 0. The van der Waals surface area contributed by atoms with Crippen molar-refractivity contribution >= 4 is 10.8 Å². The van der Waals surface area contributed by atoms with E-state index in [0.29, 0.717) is 0 Å². The van der Waals surface area contributed by atoms with Gasteiger partial charge in [-0.1, -0.05) is 48.0 Å². The minimum Gasteiger partial charge on any atom is -0.0616 e. The highest BCUT2D eigenvalue weighted by Crippen LogP contribution is 2.30. The summed E-state index contributed by atoms with van der Waals surface area (Å²) in [7, 11) is 0. The van der Waals surface area contributed by atoms with Gasteiger partial charge >= 0.3 is 0 Å². The summed E-state index contributed by atoms with van der Waals surface area (Å²) in [5.74, 6) is 0. The Kier molecular flexibility index (Phi) is 2.87. The molecule has 0 N–H and O–H groups in total. The van der Waals surface area contributed by atoms with Crippen LogP contribution in [0.15, 0.2) is 48.5 Å². The van der Waals surface area contributed by atoms with E-state index in [1.807, 2.05) is 0 Å².